The Morgan fingerprint density at radius 2 is 1.65 bits per heavy atom. The predicted octanol–water partition coefficient (Wildman–Crippen LogP) is 3.58. The van der Waals surface area contributed by atoms with Gasteiger partial charge in [-0.3, -0.25) is 4.79 Å². The Hall–Kier alpha value is -1.02. The highest BCUT2D eigenvalue weighted by atomic mass is 35.5. The molecular weight excluding hydrogens is 236 g/mol. The van der Waals surface area contributed by atoms with Gasteiger partial charge >= 0.3 is 5.97 Å². The number of benzene rings is 1. The van der Waals surface area contributed by atoms with Crippen LogP contribution in [-0.2, 0) is 10.2 Å². The fourth-order valence-corrected chi connectivity index (χ4v) is 3.45. The number of aliphatic carboxylic acids is 1. The lowest BCUT2D eigenvalue weighted by Crippen LogP contribution is -2.61. The van der Waals surface area contributed by atoms with Crippen molar-refractivity contribution in [1.29, 1.82) is 0 Å². The van der Waals surface area contributed by atoms with E-state index in [0.717, 1.165) is 5.56 Å². The van der Waals surface area contributed by atoms with Gasteiger partial charge in [0, 0.05) is 5.02 Å². The Morgan fingerprint density at radius 3 is 2.06 bits per heavy atom. The minimum atomic E-state index is -0.746. The second kappa shape index (κ2) is 4.02. The summed E-state index contributed by atoms with van der Waals surface area (Å²) in [5.74, 6) is 0.00653. The van der Waals surface area contributed by atoms with Gasteiger partial charge in [0.2, 0.25) is 0 Å². The molecule has 3 heteroatoms. The van der Waals surface area contributed by atoms with Crippen LogP contribution in [0.2, 0.25) is 5.02 Å². The molecule has 0 aromatic heterocycles. The van der Waals surface area contributed by atoms with Crippen molar-refractivity contribution in [3.63, 3.8) is 0 Å². The van der Waals surface area contributed by atoms with E-state index in [9.17, 15) is 9.90 Å². The molecule has 1 N–H and O–H groups in total. The zero-order valence-electron chi connectivity index (χ0n) is 10.3. The van der Waals surface area contributed by atoms with Gasteiger partial charge < -0.3 is 5.11 Å². The predicted molar refractivity (Wildman–Crippen MR) is 68.3 cm³/mol. The van der Waals surface area contributed by atoms with E-state index in [1.54, 1.807) is 12.1 Å². The lowest BCUT2D eigenvalue weighted by atomic mass is 9.46. The van der Waals surface area contributed by atoms with E-state index < -0.39 is 11.4 Å². The zero-order valence-corrected chi connectivity index (χ0v) is 11.0. The lowest BCUT2D eigenvalue weighted by molar-refractivity contribution is -0.162. The molecule has 1 fully saturated rings. The Bertz CT molecular complexity index is 428. The number of hydrogen-bond donors (Lipinski definition) is 1. The van der Waals surface area contributed by atoms with Crippen LogP contribution in [0.1, 0.15) is 26.3 Å². The minimum Gasteiger partial charge on any atom is -0.481 e. The number of rotatable bonds is 2. The van der Waals surface area contributed by atoms with Gasteiger partial charge in [-0.25, -0.2) is 0 Å². The standard InChI is InChI=1S/C14H17ClO2/c1-8-9(2)14(10(8)3,13(16)17)11-4-6-12(15)7-5-11/h4-10H,1-3H3,(H,16,17). The van der Waals surface area contributed by atoms with Gasteiger partial charge in [0.1, 0.15) is 0 Å². The highest BCUT2D eigenvalue weighted by Gasteiger charge is 2.61. The summed E-state index contributed by atoms with van der Waals surface area (Å²) in [7, 11) is 0. The molecule has 0 saturated heterocycles. The summed E-state index contributed by atoms with van der Waals surface area (Å²) < 4.78 is 0. The molecule has 0 spiro atoms. The van der Waals surface area contributed by atoms with Crippen molar-refractivity contribution in [1.82, 2.24) is 0 Å². The molecule has 2 atom stereocenters. The fourth-order valence-electron chi connectivity index (χ4n) is 3.32. The van der Waals surface area contributed by atoms with Crippen LogP contribution in [0.3, 0.4) is 0 Å². The van der Waals surface area contributed by atoms with Crippen molar-refractivity contribution in [3.8, 4) is 0 Å². The highest BCUT2D eigenvalue weighted by molar-refractivity contribution is 6.30. The third-order valence-electron chi connectivity index (χ3n) is 4.69. The molecule has 1 aromatic rings. The summed E-state index contributed by atoms with van der Waals surface area (Å²) in [6.45, 7) is 6.16. The summed E-state index contributed by atoms with van der Waals surface area (Å²) in [5.41, 5.74) is 0.122. The first-order chi connectivity index (χ1) is 7.92. The summed E-state index contributed by atoms with van der Waals surface area (Å²) >= 11 is 5.86. The summed E-state index contributed by atoms with van der Waals surface area (Å²) in [6.07, 6.45) is 0. The van der Waals surface area contributed by atoms with Crippen LogP contribution in [0.4, 0.5) is 0 Å². The first kappa shape index (κ1) is 12.4. The van der Waals surface area contributed by atoms with Crippen LogP contribution in [0.25, 0.3) is 0 Å². The van der Waals surface area contributed by atoms with E-state index in [-0.39, 0.29) is 11.8 Å². The van der Waals surface area contributed by atoms with Crippen molar-refractivity contribution < 1.29 is 9.90 Å². The normalized spacial score (nSPS) is 36.4. The maximum Gasteiger partial charge on any atom is 0.314 e. The Labute approximate surface area is 107 Å². The van der Waals surface area contributed by atoms with Crippen molar-refractivity contribution in [2.24, 2.45) is 17.8 Å². The molecule has 0 aliphatic heterocycles. The molecule has 2 nitrogen and oxygen atoms in total. The Balaban J connectivity index is 2.50. The molecule has 0 heterocycles. The lowest BCUT2D eigenvalue weighted by Gasteiger charge is -2.56. The molecule has 17 heavy (non-hydrogen) atoms. The average molecular weight is 253 g/mol. The average Bonchev–Trinajstić information content (AvgIpc) is 2.31. The highest BCUT2D eigenvalue weighted by Crippen LogP contribution is 2.57. The van der Waals surface area contributed by atoms with E-state index >= 15 is 0 Å². The van der Waals surface area contributed by atoms with Crippen LogP contribution >= 0.6 is 11.6 Å². The molecule has 0 radical (unpaired) electrons. The van der Waals surface area contributed by atoms with Crippen LogP contribution < -0.4 is 0 Å². The monoisotopic (exact) mass is 252 g/mol. The van der Waals surface area contributed by atoms with Gasteiger partial charge in [-0.1, -0.05) is 44.5 Å². The van der Waals surface area contributed by atoms with Crippen LogP contribution in [0.15, 0.2) is 24.3 Å². The number of halogens is 1. The van der Waals surface area contributed by atoms with E-state index in [1.165, 1.54) is 0 Å². The number of hydrogen-bond acceptors (Lipinski definition) is 1. The van der Waals surface area contributed by atoms with Crippen molar-refractivity contribution in [2.45, 2.75) is 26.2 Å². The van der Waals surface area contributed by atoms with Crippen LogP contribution in [0.5, 0.6) is 0 Å². The molecule has 1 aromatic carbocycles. The maximum absolute atomic E-state index is 11.7. The van der Waals surface area contributed by atoms with Crippen LogP contribution in [0, 0.1) is 17.8 Å². The smallest absolute Gasteiger partial charge is 0.314 e. The topological polar surface area (TPSA) is 37.3 Å². The molecule has 0 amide bonds. The minimum absolute atomic E-state index is 0.149. The van der Waals surface area contributed by atoms with Crippen molar-refractivity contribution in [3.05, 3.63) is 34.9 Å². The van der Waals surface area contributed by atoms with E-state index in [1.807, 2.05) is 26.0 Å². The molecule has 0 bridgehead atoms. The molecule has 1 saturated carbocycles. The largest absolute Gasteiger partial charge is 0.481 e. The van der Waals surface area contributed by atoms with Gasteiger partial charge in [0.05, 0.1) is 5.41 Å². The maximum atomic E-state index is 11.7. The van der Waals surface area contributed by atoms with E-state index in [0.29, 0.717) is 10.9 Å². The third kappa shape index (κ3) is 1.50. The second-order valence-electron chi connectivity index (χ2n) is 5.12. The molecule has 92 valence electrons. The second-order valence-corrected chi connectivity index (χ2v) is 5.55. The van der Waals surface area contributed by atoms with Crippen LogP contribution in [-0.4, -0.2) is 11.1 Å². The van der Waals surface area contributed by atoms with Crippen molar-refractivity contribution >= 4 is 17.6 Å². The third-order valence-corrected chi connectivity index (χ3v) is 4.94. The summed E-state index contributed by atoms with van der Waals surface area (Å²) in [4.78, 5) is 11.7. The zero-order chi connectivity index (χ0) is 12.8. The first-order valence-electron chi connectivity index (χ1n) is 5.91. The number of carboxylic acids is 1. The molecular formula is C14H17ClO2. The quantitative estimate of drug-likeness (QED) is 0.874. The Kier molecular flexibility index (Phi) is 2.94. The van der Waals surface area contributed by atoms with E-state index in [4.69, 9.17) is 11.6 Å². The van der Waals surface area contributed by atoms with Gasteiger partial charge in [0.15, 0.2) is 0 Å². The molecule has 2 rings (SSSR count). The SMILES string of the molecule is CC1C(C)C(C(=O)O)(c2ccc(Cl)cc2)C1C. The summed E-state index contributed by atoms with van der Waals surface area (Å²) in [5, 5.41) is 10.3. The van der Waals surface area contributed by atoms with Gasteiger partial charge in [-0.05, 0) is 35.4 Å². The number of carboxylic acid groups (broad SMARTS) is 1. The molecule has 1 aliphatic carbocycles. The number of carbonyl (C=O) groups is 1. The van der Waals surface area contributed by atoms with Gasteiger partial charge in [-0.15, -0.1) is 0 Å². The molecule has 1 aliphatic rings. The summed E-state index contributed by atoms with van der Waals surface area (Å²) in [6, 6.07) is 7.22. The fraction of sp³-hybridized carbons (Fsp3) is 0.500. The van der Waals surface area contributed by atoms with E-state index in [2.05, 4.69) is 6.92 Å². The first-order valence-corrected chi connectivity index (χ1v) is 6.29. The van der Waals surface area contributed by atoms with Crippen molar-refractivity contribution in [2.75, 3.05) is 0 Å². The Morgan fingerprint density at radius 1 is 1.18 bits per heavy atom. The van der Waals surface area contributed by atoms with Gasteiger partial charge in [-0.2, -0.15) is 0 Å². The van der Waals surface area contributed by atoms with Gasteiger partial charge in [0.25, 0.3) is 0 Å². The molecule has 2 unspecified atom stereocenters.